The number of primary amides is 1. The number of imide groups is 1. The van der Waals surface area contributed by atoms with Gasteiger partial charge in [0.15, 0.2) is 5.72 Å². The summed E-state index contributed by atoms with van der Waals surface area (Å²) in [4.78, 5) is 106. The molecule has 25 heteroatoms. The number of rotatable bonds is 32. The predicted octanol–water partition coefficient (Wildman–Crippen LogP) is 4.81. The largest absolute Gasteiger partial charge is 0.495 e. The van der Waals surface area contributed by atoms with Gasteiger partial charge in [0.1, 0.15) is 35.7 Å². The number of halogens is 1. The predicted molar refractivity (Wildman–Crippen MR) is 319 cm³/mol. The molecule has 476 valence electrons. The van der Waals surface area contributed by atoms with E-state index in [1.807, 2.05) is 52.8 Å². The number of amides is 9. The number of alkyl carbamates (subject to hydrolysis) is 1. The SMILES string of the molecule is CC(C)C1CC(=O)N(CCCCCCNC=O)C1=O.CC(CCCNC(N)=O)NC(=O)CNC=O.CCC.CNC(=O)CC(OC(=O)C(C)N(C)C)C1(C)OC1C(C)C1CC(O)(C(/C=C/C=C(\C)Cc2ccc(Cl)c(OC)c2)OC)NC(=O)O1. The molecular formula is C59H98ClN9O15. The number of nitrogens with two attached hydrogens (primary N) is 1. The first kappa shape index (κ1) is 75.7. The molecule has 10 unspecified atom stereocenters. The summed E-state index contributed by atoms with van der Waals surface area (Å²) in [6, 6.07) is 4.50. The Bertz CT molecular complexity index is 2330. The van der Waals surface area contributed by atoms with Crippen LogP contribution in [0.2, 0.25) is 5.02 Å². The second kappa shape index (κ2) is 39.3. The Morgan fingerprint density at radius 2 is 1.63 bits per heavy atom. The first-order chi connectivity index (χ1) is 39.6. The van der Waals surface area contributed by atoms with Gasteiger partial charge in [0.25, 0.3) is 0 Å². The smallest absolute Gasteiger partial charge is 0.409 e. The van der Waals surface area contributed by atoms with E-state index in [-0.39, 0.29) is 60.9 Å². The number of epoxide rings is 1. The Morgan fingerprint density at radius 3 is 2.20 bits per heavy atom. The van der Waals surface area contributed by atoms with Gasteiger partial charge in [0.05, 0.1) is 31.2 Å². The molecular weight excluding hydrogens is 1110 g/mol. The monoisotopic (exact) mass is 1210 g/mol. The zero-order chi connectivity index (χ0) is 63.7. The minimum Gasteiger partial charge on any atom is -0.495 e. The number of unbranched alkanes of at least 4 members (excludes halogenated alkanes) is 3. The molecule has 1 aromatic carbocycles. The average Bonchev–Trinajstić information content (AvgIpc) is 1.85. The molecule has 3 heterocycles. The first-order valence-electron chi connectivity index (χ1n) is 28.8. The maximum Gasteiger partial charge on any atom is 0.409 e. The standard InChI is InChI=1S/C33H48ClN3O9.C14H24N2O3.C9H18N4O3.C3H8/c1-19(15-22-13-14-23(34)24(16-22)42-8)11-10-12-26(43-9)33(41)18-25(44-31(40)36-33)20(2)29-32(4,46-29)27(17-28(38)35-5)45-30(39)21(3)37(6)7;1-11(2)12-9-13(18)16(14(12)19)8-6-4-3-5-7-15-10-17;1-7(3-2-4-12-9(10)16)13-8(15)5-11-6-14;1-3-2/h10-14,16,20-21,25-27,29,41H,15,17-18H2,1-9H3,(H,35,38)(H,36,40);10-12H,3-9H2,1-2H3,(H,15,17);6-7H,2-5H2,1H3,(H,11,14)(H,13,15)(H3,10,12,16);3H2,1-2H3/b12-10+,19-11+;;;. The van der Waals surface area contributed by atoms with Crippen molar-refractivity contribution in [3.05, 3.63) is 52.6 Å². The summed E-state index contributed by atoms with van der Waals surface area (Å²) in [5.74, 6) is -0.775. The fourth-order valence-electron chi connectivity index (χ4n) is 9.10. The molecule has 84 heavy (non-hydrogen) atoms. The minimum absolute atomic E-state index is 0.00243. The van der Waals surface area contributed by atoms with Crippen LogP contribution in [0.15, 0.2) is 42.0 Å². The van der Waals surface area contributed by atoms with Crippen molar-refractivity contribution >= 4 is 66.1 Å². The van der Waals surface area contributed by atoms with Crippen molar-refractivity contribution in [3.63, 3.8) is 0 Å². The molecule has 0 aromatic heterocycles. The second-order valence-electron chi connectivity index (χ2n) is 22.0. The number of likely N-dealkylation sites (tertiary alicyclic amines) is 1. The molecule has 0 spiro atoms. The van der Waals surface area contributed by atoms with Crippen molar-refractivity contribution in [2.24, 2.45) is 23.5 Å². The number of urea groups is 1. The lowest BCUT2D eigenvalue weighted by Gasteiger charge is -2.42. The van der Waals surface area contributed by atoms with Crippen LogP contribution in [-0.2, 0) is 58.9 Å². The number of nitrogens with zero attached hydrogens (tertiary/aromatic N) is 2. The van der Waals surface area contributed by atoms with Crippen LogP contribution in [0.25, 0.3) is 0 Å². The average molecular weight is 1210 g/mol. The van der Waals surface area contributed by atoms with Crippen LogP contribution in [0, 0.1) is 17.8 Å². The van der Waals surface area contributed by atoms with Gasteiger partial charge in [-0.3, -0.25) is 48.7 Å². The van der Waals surface area contributed by atoms with Gasteiger partial charge in [-0.15, -0.1) is 0 Å². The van der Waals surface area contributed by atoms with Crippen LogP contribution in [0.3, 0.4) is 0 Å². The number of carbonyl (C=O) groups is 9. The number of cyclic esters (lactones) is 1. The molecule has 4 rings (SSSR count). The zero-order valence-corrected chi connectivity index (χ0v) is 52.7. The summed E-state index contributed by atoms with van der Waals surface area (Å²) in [5, 5.41) is 27.3. The molecule has 3 saturated heterocycles. The van der Waals surface area contributed by atoms with E-state index in [0.717, 1.165) is 49.7 Å². The normalized spacial score (nSPS) is 21.7. The lowest BCUT2D eigenvalue weighted by molar-refractivity contribution is -0.158. The molecule has 9 amide bonds. The number of esters is 1. The Hall–Kier alpha value is -6.34. The molecule has 3 aliphatic rings. The number of likely N-dealkylation sites (N-methyl/N-ethyl adjacent to an activating group) is 1. The van der Waals surface area contributed by atoms with Crippen LogP contribution in [0.5, 0.6) is 5.75 Å². The van der Waals surface area contributed by atoms with Crippen LogP contribution in [-0.4, -0.2) is 179 Å². The Kier molecular flexibility index (Phi) is 35.4. The van der Waals surface area contributed by atoms with Crippen LogP contribution in [0.4, 0.5) is 9.59 Å². The van der Waals surface area contributed by atoms with E-state index in [0.29, 0.717) is 56.1 Å². The molecule has 10 atom stereocenters. The third kappa shape index (κ3) is 26.7. The molecule has 0 saturated carbocycles. The van der Waals surface area contributed by atoms with Gasteiger partial charge < -0.3 is 61.1 Å². The highest BCUT2D eigenvalue weighted by atomic mass is 35.5. The van der Waals surface area contributed by atoms with Crippen LogP contribution in [0.1, 0.15) is 132 Å². The number of allylic oxidation sites excluding steroid dienone is 3. The molecule has 24 nitrogen and oxygen atoms in total. The van der Waals surface area contributed by atoms with Crippen molar-refractivity contribution in [2.75, 3.05) is 61.5 Å². The summed E-state index contributed by atoms with van der Waals surface area (Å²) in [6.45, 7) is 19.0. The second-order valence-corrected chi connectivity index (χ2v) is 22.4. The number of benzene rings is 1. The summed E-state index contributed by atoms with van der Waals surface area (Å²) >= 11 is 6.14. The number of methoxy groups -OCH3 is 2. The number of aliphatic hydroxyl groups is 1. The number of ether oxygens (including phenoxy) is 5. The first-order valence-corrected chi connectivity index (χ1v) is 29.2. The summed E-state index contributed by atoms with van der Waals surface area (Å²) in [5.41, 5.74) is 4.13. The highest BCUT2D eigenvalue weighted by molar-refractivity contribution is 6.32. The highest BCUT2D eigenvalue weighted by Gasteiger charge is 2.64. The van der Waals surface area contributed by atoms with Gasteiger partial charge in [-0.2, -0.15) is 0 Å². The Labute approximate surface area is 502 Å². The maximum absolute atomic E-state index is 12.8. The Morgan fingerprint density at radius 1 is 0.976 bits per heavy atom. The van der Waals surface area contributed by atoms with Crippen LogP contribution >= 0.6 is 11.6 Å². The van der Waals surface area contributed by atoms with Crippen molar-refractivity contribution in [2.45, 2.75) is 181 Å². The van der Waals surface area contributed by atoms with E-state index in [2.05, 4.69) is 45.7 Å². The third-order valence-electron chi connectivity index (χ3n) is 14.3. The van der Waals surface area contributed by atoms with Crippen molar-refractivity contribution in [3.8, 4) is 5.75 Å². The van der Waals surface area contributed by atoms with Gasteiger partial charge in [0, 0.05) is 64.5 Å². The maximum atomic E-state index is 12.8. The number of hydrogen-bond donors (Lipinski definition) is 8. The molecule has 9 N–H and O–H groups in total. The van der Waals surface area contributed by atoms with Crippen LogP contribution < -0.4 is 42.4 Å². The highest BCUT2D eigenvalue weighted by Crippen LogP contribution is 2.49. The van der Waals surface area contributed by atoms with Crippen molar-refractivity contribution in [1.82, 2.24) is 41.7 Å². The summed E-state index contributed by atoms with van der Waals surface area (Å²) in [6.07, 6.45) is 9.99. The number of nitrogens with one attached hydrogen (secondary N) is 6. The van der Waals surface area contributed by atoms with E-state index in [1.54, 1.807) is 58.2 Å². The van der Waals surface area contributed by atoms with Crippen molar-refractivity contribution < 1.29 is 71.9 Å². The number of hydrogen-bond acceptors (Lipinski definition) is 16. The Balaban J connectivity index is 0.000000756. The molecule has 0 radical (unpaired) electrons. The fourth-order valence-corrected chi connectivity index (χ4v) is 9.30. The van der Waals surface area contributed by atoms with Gasteiger partial charge in [-0.05, 0) is 97.5 Å². The van der Waals surface area contributed by atoms with Gasteiger partial charge >= 0.3 is 18.1 Å². The van der Waals surface area contributed by atoms with E-state index in [4.69, 9.17) is 41.0 Å². The van der Waals surface area contributed by atoms with E-state index < -0.39 is 65.8 Å². The lowest BCUT2D eigenvalue weighted by atomic mass is 9.83. The van der Waals surface area contributed by atoms with Gasteiger partial charge in [-0.25, -0.2) is 9.59 Å². The van der Waals surface area contributed by atoms with Gasteiger partial charge in [0.2, 0.25) is 36.4 Å². The number of carbonyl (C=O) groups excluding carboxylic acids is 9. The van der Waals surface area contributed by atoms with E-state index >= 15 is 0 Å². The lowest BCUT2D eigenvalue weighted by Crippen LogP contribution is -2.63. The third-order valence-corrected chi connectivity index (χ3v) is 14.6. The quantitative estimate of drug-likeness (QED) is 0.0120. The topological polar surface area (TPSA) is 328 Å². The fraction of sp³-hybridized carbons (Fsp3) is 0.678. The summed E-state index contributed by atoms with van der Waals surface area (Å²) in [7, 11) is 8.02. The van der Waals surface area contributed by atoms with Gasteiger partial charge in [-0.1, -0.05) is 95.3 Å². The summed E-state index contributed by atoms with van der Waals surface area (Å²) < 4.78 is 28.4. The van der Waals surface area contributed by atoms with E-state index in [1.165, 1.54) is 25.5 Å². The molecule has 3 aliphatic heterocycles. The molecule has 1 aromatic rings. The van der Waals surface area contributed by atoms with E-state index in [9.17, 15) is 48.3 Å². The molecule has 0 bridgehead atoms. The van der Waals surface area contributed by atoms with Crippen molar-refractivity contribution in [1.29, 1.82) is 0 Å². The molecule has 3 fully saturated rings. The zero-order valence-electron chi connectivity index (χ0n) is 51.9. The minimum atomic E-state index is -1.79. The molecule has 0 aliphatic carbocycles.